The first-order valence-corrected chi connectivity index (χ1v) is 8.14. The Morgan fingerprint density at radius 3 is 2.78 bits per heavy atom. The van der Waals surface area contributed by atoms with Gasteiger partial charge >= 0.3 is 0 Å². The van der Waals surface area contributed by atoms with E-state index in [9.17, 15) is 4.79 Å². The van der Waals surface area contributed by atoms with Gasteiger partial charge in [-0.1, -0.05) is 12.1 Å². The highest BCUT2D eigenvalue weighted by Gasteiger charge is 2.44. The van der Waals surface area contributed by atoms with E-state index in [0.29, 0.717) is 5.92 Å². The number of ether oxygens (including phenoxy) is 1. The van der Waals surface area contributed by atoms with Gasteiger partial charge in [-0.2, -0.15) is 0 Å². The third kappa shape index (κ3) is 3.95. The molecule has 2 aromatic rings. The van der Waals surface area contributed by atoms with Crippen LogP contribution < -0.4 is 10.1 Å². The van der Waals surface area contributed by atoms with Crippen molar-refractivity contribution in [2.45, 2.75) is 38.1 Å². The van der Waals surface area contributed by atoms with Crippen LogP contribution in [0.25, 0.3) is 0 Å². The maximum Gasteiger partial charge on any atom is 0.223 e. The van der Waals surface area contributed by atoms with Gasteiger partial charge < -0.3 is 14.5 Å². The van der Waals surface area contributed by atoms with Crippen LogP contribution >= 0.6 is 0 Å². The van der Waals surface area contributed by atoms with Crippen LogP contribution in [0.1, 0.15) is 37.0 Å². The van der Waals surface area contributed by atoms with Gasteiger partial charge in [0.25, 0.3) is 0 Å². The Kier molecular flexibility index (Phi) is 4.70. The van der Waals surface area contributed by atoms with Crippen LogP contribution in [0.15, 0.2) is 47.1 Å². The van der Waals surface area contributed by atoms with Crippen LogP contribution in [0.4, 0.5) is 0 Å². The summed E-state index contributed by atoms with van der Waals surface area (Å²) in [4.78, 5) is 12.3. The van der Waals surface area contributed by atoms with E-state index in [1.807, 2.05) is 31.2 Å². The van der Waals surface area contributed by atoms with E-state index in [2.05, 4.69) is 17.4 Å². The molecule has 1 aliphatic rings. The number of hydrogen-bond acceptors (Lipinski definition) is 3. The number of furan rings is 1. The molecule has 4 heteroatoms. The summed E-state index contributed by atoms with van der Waals surface area (Å²) in [6, 6.07) is 12.0. The first-order valence-electron chi connectivity index (χ1n) is 8.14. The highest BCUT2D eigenvalue weighted by molar-refractivity contribution is 5.83. The lowest BCUT2D eigenvalue weighted by Crippen LogP contribution is -2.34. The van der Waals surface area contributed by atoms with Gasteiger partial charge in [-0.25, -0.2) is 0 Å². The minimum atomic E-state index is 0.106. The van der Waals surface area contributed by atoms with Gasteiger partial charge in [-0.15, -0.1) is 0 Å². The summed E-state index contributed by atoms with van der Waals surface area (Å²) in [5, 5.41) is 3.12. The topological polar surface area (TPSA) is 51.5 Å². The number of nitrogens with one attached hydrogen (secondary N) is 1. The molecule has 1 aromatic heterocycles. The maximum atomic E-state index is 12.3. The Morgan fingerprint density at radius 1 is 1.35 bits per heavy atom. The van der Waals surface area contributed by atoms with Gasteiger partial charge in [0.15, 0.2) is 0 Å². The normalized spacial score (nSPS) is 20.8. The van der Waals surface area contributed by atoms with Crippen molar-refractivity contribution >= 4 is 5.91 Å². The highest BCUT2D eigenvalue weighted by atomic mass is 16.5. The zero-order chi connectivity index (χ0) is 16.2. The van der Waals surface area contributed by atoms with Gasteiger partial charge in [-0.3, -0.25) is 4.79 Å². The van der Waals surface area contributed by atoms with E-state index < -0.39 is 0 Å². The molecule has 0 unspecified atom stereocenters. The number of carbonyl (C=O) groups excluding carboxylic acids is 1. The average molecular weight is 313 g/mol. The lowest BCUT2D eigenvalue weighted by molar-refractivity contribution is -0.123. The second-order valence-corrected chi connectivity index (χ2v) is 6.25. The molecule has 1 fully saturated rings. The largest absolute Gasteiger partial charge is 0.497 e. The molecule has 1 aromatic carbocycles. The Hall–Kier alpha value is -2.23. The molecule has 23 heavy (non-hydrogen) atoms. The van der Waals surface area contributed by atoms with Gasteiger partial charge in [-0.05, 0) is 55.5 Å². The van der Waals surface area contributed by atoms with E-state index >= 15 is 0 Å². The van der Waals surface area contributed by atoms with Crippen molar-refractivity contribution in [2.24, 2.45) is 5.92 Å². The summed E-state index contributed by atoms with van der Waals surface area (Å²) in [7, 11) is 1.66. The standard InChI is InChI=1S/C19H23NO3/c1-13(5-8-16-4-3-11-23-16)20-19(21)18-12-17(18)14-6-9-15(22-2)10-7-14/h3-4,6-7,9-11,13,17-18H,5,8,12H2,1-2H3,(H,20,21)/t13-,17-,18-/m0/s1. The van der Waals surface area contributed by atoms with Crippen molar-refractivity contribution in [1.82, 2.24) is 5.32 Å². The zero-order valence-electron chi connectivity index (χ0n) is 13.6. The van der Waals surface area contributed by atoms with E-state index in [0.717, 1.165) is 30.8 Å². The second-order valence-electron chi connectivity index (χ2n) is 6.25. The molecule has 0 bridgehead atoms. The zero-order valence-corrected chi connectivity index (χ0v) is 13.6. The molecule has 1 amide bonds. The number of aryl methyl sites for hydroxylation is 1. The summed E-state index contributed by atoms with van der Waals surface area (Å²) >= 11 is 0. The van der Waals surface area contributed by atoms with Crippen molar-refractivity contribution in [3.63, 3.8) is 0 Å². The van der Waals surface area contributed by atoms with Crippen LogP contribution in [0, 0.1) is 5.92 Å². The summed E-state index contributed by atoms with van der Waals surface area (Å²) in [6.45, 7) is 2.05. The molecule has 0 aliphatic heterocycles. The monoisotopic (exact) mass is 313 g/mol. The Bertz CT molecular complexity index is 633. The predicted octanol–water partition coefficient (Wildman–Crippen LogP) is 3.53. The molecule has 3 rings (SSSR count). The quantitative estimate of drug-likeness (QED) is 0.851. The molecule has 1 saturated carbocycles. The van der Waals surface area contributed by atoms with Crippen molar-refractivity contribution in [3.8, 4) is 5.75 Å². The Balaban J connectivity index is 1.45. The van der Waals surface area contributed by atoms with Crippen LogP contribution in [0.5, 0.6) is 5.75 Å². The molecule has 1 aliphatic carbocycles. The summed E-state index contributed by atoms with van der Waals surface area (Å²) in [5.74, 6) is 2.43. The van der Waals surface area contributed by atoms with Crippen molar-refractivity contribution < 1.29 is 13.9 Å². The number of carbonyl (C=O) groups is 1. The van der Waals surface area contributed by atoms with E-state index in [1.54, 1.807) is 13.4 Å². The molecule has 1 heterocycles. The van der Waals surface area contributed by atoms with Gasteiger partial charge in [0.2, 0.25) is 5.91 Å². The van der Waals surface area contributed by atoms with Crippen molar-refractivity contribution in [1.29, 1.82) is 0 Å². The number of amides is 1. The lowest BCUT2D eigenvalue weighted by atomic mass is 10.1. The second kappa shape index (κ2) is 6.90. The summed E-state index contributed by atoms with van der Waals surface area (Å²) in [6.07, 6.45) is 4.35. The SMILES string of the molecule is COc1ccc([C@@H]2C[C@@H]2C(=O)N[C@@H](C)CCc2ccco2)cc1. The number of hydrogen-bond donors (Lipinski definition) is 1. The molecule has 0 saturated heterocycles. The fourth-order valence-corrected chi connectivity index (χ4v) is 2.94. The molecule has 3 atom stereocenters. The Morgan fingerprint density at radius 2 is 2.13 bits per heavy atom. The predicted molar refractivity (Wildman–Crippen MR) is 88.5 cm³/mol. The van der Waals surface area contributed by atoms with E-state index in [1.165, 1.54) is 5.56 Å². The van der Waals surface area contributed by atoms with Crippen LogP contribution in [-0.2, 0) is 11.2 Å². The first kappa shape index (κ1) is 15.7. The minimum Gasteiger partial charge on any atom is -0.497 e. The number of benzene rings is 1. The minimum absolute atomic E-state index is 0.106. The fraction of sp³-hybridized carbons (Fsp3) is 0.421. The van der Waals surface area contributed by atoms with Crippen LogP contribution in [-0.4, -0.2) is 19.1 Å². The van der Waals surface area contributed by atoms with Crippen molar-refractivity contribution in [2.75, 3.05) is 7.11 Å². The smallest absolute Gasteiger partial charge is 0.223 e. The molecule has 0 spiro atoms. The van der Waals surface area contributed by atoms with Crippen LogP contribution in [0.3, 0.4) is 0 Å². The maximum absolute atomic E-state index is 12.3. The van der Waals surface area contributed by atoms with Crippen LogP contribution in [0.2, 0.25) is 0 Å². The molecule has 1 N–H and O–H groups in total. The fourth-order valence-electron chi connectivity index (χ4n) is 2.94. The molecule has 4 nitrogen and oxygen atoms in total. The molecular formula is C19H23NO3. The Labute approximate surface area is 136 Å². The van der Waals surface area contributed by atoms with Gasteiger partial charge in [0.1, 0.15) is 11.5 Å². The van der Waals surface area contributed by atoms with Gasteiger partial charge in [0.05, 0.1) is 13.4 Å². The average Bonchev–Trinajstić information content (AvgIpc) is 3.20. The van der Waals surface area contributed by atoms with E-state index in [-0.39, 0.29) is 17.9 Å². The third-order valence-electron chi connectivity index (χ3n) is 4.46. The molecule has 0 radical (unpaired) electrons. The van der Waals surface area contributed by atoms with Gasteiger partial charge in [0, 0.05) is 18.4 Å². The first-order chi connectivity index (χ1) is 11.2. The summed E-state index contributed by atoms with van der Waals surface area (Å²) in [5.41, 5.74) is 1.22. The molecular weight excluding hydrogens is 290 g/mol. The number of methoxy groups -OCH3 is 1. The van der Waals surface area contributed by atoms with E-state index in [4.69, 9.17) is 9.15 Å². The lowest BCUT2D eigenvalue weighted by Gasteiger charge is -2.13. The summed E-state index contributed by atoms with van der Waals surface area (Å²) < 4.78 is 10.5. The number of rotatable bonds is 7. The third-order valence-corrected chi connectivity index (χ3v) is 4.46. The van der Waals surface area contributed by atoms with Crippen molar-refractivity contribution in [3.05, 3.63) is 54.0 Å². The molecule has 122 valence electrons. The highest BCUT2D eigenvalue weighted by Crippen LogP contribution is 2.47.